The summed E-state index contributed by atoms with van der Waals surface area (Å²) >= 11 is 0.773. The van der Waals surface area contributed by atoms with Crippen molar-refractivity contribution < 1.29 is 37.7 Å². The fraction of sp³-hybridized carbons (Fsp3) is 0.0800. The number of benzene rings is 3. The number of rotatable bonds is 4. The summed E-state index contributed by atoms with van der Waals surface area (Å²) < 4.78 is 47.4. The molecule has 0 spiro atoms. The fourth-order valence-corrected chi connectivity index (χ4v) is 5.09. The van der Waals surface area contributed by atoms with Crippen molar-refractivity contribution in [1.29, 1.82) is 0 Å². The second-order valence-electron chi connectivity index (χ2n) is 7.84. The maximum absolute atomic E-state index is 14.3. The standard InChI is InChI=1S/C25H15F3N2O5S/c1-35-17-7-4-12(26)8-15(17)22(32)19-21(11-2-5-14(31)6-3-11)30(24(34)23(19)33)25-29-20-16(28)9-13(27)10-18(20)36-25/h2-10,21,31-32H,1H3/b22-19+. The third kappa shape index (κ3) is 3.73. The molecule has 5 rings (SSSR count). The van der Waals surface area contributed by atoms with Crippen LogP contribution in [-0.4, -0.2) is 34.0 Å². The number of Topliss-reactive ketones (excluding diaryl/α,β-unsaturated/α-hetero) is 1. The number of aliphatic hydroxyl groups excluding tert-OH is 1. The van der Waals surface area contributed by atoms with Crippen LogP contribution in [0.4, 0.5) is 18.3 Å². The maximum atomic E-state index is 14.3. The second kappa shape index (κ2) is 8.68. The molecule has 1 amide bonds. The molecule has 0 bridgehead atoms. The van der Waals surface area contributed by atoms with Gasteiger partial charge < -0.3 is 14.9 Å². The Morgan fingerprint density at radius 2 is 1.75 bits per heavy atom. The summed E-state index contributed by atoms with van der Waals surface area (Å²) in [5.74, 6) is -5.48. The zero-order valence-corrected chi connectivity index (χ0v) is 19.1. The van der Waals surface area contributed by atoms with Crippen LogP contribution in [-0.2, 0) is 9.59 Å². The Morgan fingerprint density at radius 1 is 1.03 bits per heavy atom. The van der Waals surface area contributed by atoms with E-state index in [4.69, 9.17) is 4.74 Å². The molecule has 2 N–H and O–H groups in total. The van der Waals surface area contributed by atoms with Crippen molar-refractivity contribution in [3.8, 4) is 11.5 Å². The zero-order valence-electron chi connectivity index (χ0n) is 18.3. The van der Waals surface area contributed by atoms with E-state index >= 15 is 0 Å². The molecular formula is C25H15F3N2O5S. The van der Waals surface area contributed by atoms with Gasteiger partial charge in [-0.3, -0.25) is 14.5 Å². The molecule has 1 atom stereocenters. The molecule has 0 radical (unpaired) electrons. The molecule has 3 aromatic carbocycles. The molecule has 4 aromatic rings. The third-order valence-electron chi connectivity index (χ3n) is 5.68. The number of hydrogen-bond acceptors (Lipinski definition) is 7. The second-order valence-corrected chi connectivity index (χ2v) is 8.85. The Hall–Kier alpha value is -4.38. The van der Waals surface area contributed by atoms with Crippen LogP contribution >= 0.6 is 11.3 Å². The highest BCUT2D eigenvalue weighted by Crippen LogP contribution is 2.45. The normalized spacial score (nSPS) is 17.2. The Balaban J connectivity index is 1.77. The molecule has 1 unspecified atom stereocenters. The number of methoxy groups -OCH3 is 1. The Kier molecular flexibility index (Phi) is 5.64. The average molecular weight is 512 g/mol. The molecule has 0 aliphatic carbocycles. The largest absolute Gasteiger partial charge is 0.508 e. The number of fused-ring (bicyclic) bond motifs is 1. The molecule has 1 saturated heterocycles. The van der Waals surface area contributed by atoms with Crippen molar-refractivity contribution in [2.75, 3.05) is 12.0 Å². The summed E-state index contributed by atoms with van der Waals surface area (Å²) in [7, 11) is 1.29. The monoisotopic (exact) mass is 512 g/mol. The molecule has 1 aromatic heterocycles. The summed E-state index contributed by atoms with van der Waals surface area (Å²) in [5, 5.41) is 20.8. The predicted octanol–water partition coefficient (Wildman–Crippen LogP) is 5.05. The number of aromatic nitrogens is 1. The minimum absolute atomic E-state index is 0.0436. The lowest BCUT2D eigenvalue weighted by atomic mass is 9.95. The van der Waals surface area contributed by atoms with Crippen LogP contribution < -0.4 is 9.64 Å². The molecule has 7 nitrogen and oxygen atoms in total. The van der Waals surface area contributed by atoms with Crippen molar-refractivity contribution in [2.24, 2.45) is 0 Å². The van der Waals surface area contributed by atoms with Crippen molar-refractivity contribution >= 4 is 44.1 Å². The molecule has 2 heterocycles. The number of phenols is 1. The number of hydrogen-bond donors (Lipinski definition) is 2. The maximum Gasteiger partial charge on any atom is 0.301 e. The number of carbonyl (C=O) groups is 2. The lowest BCUT2D eigenvalue weighted by molar-refractivity contribution is -0.132. The van der Waals surface area contributed by atoms with E-state index in [9.17, 15) is 33.0 Å². The van der Waals surface area contributed by atoms with E-state index in [1.54, 1.807) is 0 Å². The summed E-state index contributed by atoms with van der Waals surface area (Å²) in [4.78, 5) is 31.5. The highest BCUT2D eigenvalue weighted by Gasteiger charge is 2.48. The number of ketones is 1. The van der Waals surface area contributed by atoms with Gasteiger partial charge in [0.25, 0.3) is 5.78 Å². The van der Waals surface area contributed by atoms with Gasteiger partial charge in [0.05, 0.1) is 29.0 Å². The number of amides is 1. The highest BCUT2D eigenvalue weighted by atomic mass is 32.1. The van der Waals surface area contributed by atoms with Crippen LogP contribution in [0.25, 0.3) is 16.0 Å². The van der Waals surface area contributed by atoms with E-state index in [1.165, 1.54) is 37.4 Å². The number of aromatic hydroxyl groups is 1. The molecule has 182 valence electrons. The van der Waals surface area contributed by atoms with Gasteiger partial charge in [0, 0.05) is 6.07 Å². The van der Waals surface area contributed by atoms with Gasteiger partial charge in [0.1, 0.15) is 34.4 Å². The van der Waals surface area contributed by atoms with E-state index in [0.29, 0.717) is 6.07 Å². The number of phenolic OH excluding ortho intramolecular Hbond substituents is 1. The number of carbonyl (C=O) groups excluding carboxylic acids is 2. The van der Waals surface area contributed by atoms with Crippen LogP contribution in [0.2, 0.25) is 0 Å². The summed E-state index contributed by atoms with van der Waals surface area (Å²) in [6, 6.07) is 9.17. The van der Waals surface area contributed by atoms with Gasteiger partial charge in [0.15, 0.2) is 10.9 Å². The van der Waals surface area contributed by atoms with Gasteiger partial charge in [-0.1, -0.05) is 23.5 Å². The van der Waals surface area contributed by atoms with Crippen LogP contribution in [0.3, 0.4) is 0 Å². The third-order valence-corrected chi connectivity index (χ3v) is 6.68. The van der Waals surface area contributed by atoms with Gasteiger partial charge >= 0.3 is 5.91 Å². The Bertz CT molecular complexity index is 1580. The SMILES string of the molecule is COc1ccc(F)cc1/C(O)=C1\C(=O)C(=O)N(c2nc3c(F)cc(F)cc3s2)C1c1ccc(O)cc1. The van der Waals surface area contributed by atoms with Gasteiger partial charge in [0.2, 0.25) is 0 Å². The van der Waals surface area contributed by atoms with E-state index in [-0.39, 0.29) is 38.0 Å². The number of anilines is 1. The van der Waals surface area contributed by atoms with Gasteiger partial charge in [-0.15, -0.1) is 0 Å². The van der Waals surface area contributed by atoms with Crippen molar-refractivity contribution in [2.45, 2.75) is 6.04 Å². The number of nitrogens with zero attached hydrogens (tertiary/aromatic N) is 2. The lowest BCUT2D eigenvalue weighted by Crippen LogP contribution is -2.29. The first-order valence-electron chi connectivity index (χ1n) is 10.4. The number of aliphatic hydroxyl groups is 1. The van der Waals surface area contributed by atoms with E-state index in [1.807, 2.05) is 0 Å². The lowest BCUT2D eigenvalue weighted by Gasteiger charge is -2.23. The highest BCUT2D eigenvalue weighted by molar-refractivity contribution is 7.22. The van der Waals surface area contributed by atoms with Crippen LogP contribution in [0, 0.1) is 17.5 Å². The Morgan fingerprint density at radius 3 is 2.44 bits per heavy atom. The van der Waals surface area contributed by atoms with Crippen molar-refractivity contribution in [3.05, 3.63) is 88.7 Å². The molecule has 0 saturated carbocycles. The van der Waals surface area contributed by atoms with E-state index in [0.717, 1.165) is 34.4 Å². The summed E-state index contributed by atoms with van der Waals surface area (Å²) in [6.45, 7) is 0. The number of ether oxygens (including phenoxy) is 1. The topological polar surface area (TPSA) is 100.0 Å². The first-order valence-corrected chi connectivity index (χ1v) is 11.2. The average Bonchev–Trinajstić information content (AvgIpc) is 3.38. The van der Waals surface area contributed by atoms with Gasteiger partial charge in [-0.05, 0) is 42.0 Å². The number of halogens is 3. The summed E-state index contributed by atoms with van der Waals surface area (Å²) in [5.41, 5.74) is -0.485. The minimum atomic E-state index is -1.29. The molecular weight excluding hydrogens is 497 g/mol. The first kappa shape index (κ1) is 23.4. The smallest absolute Gasteiger partial charge is 0.301 e. The molecule has 1 fully saturated rings. The molecule has 11 heteroatoms. The van der Waals surface area contributed by atoms with Crippen molar-refractivity contribution in [1.82, 2.24) is 4.98 Å². The molecule has 1 aliphatic heterocycles. The van der Waals surface area contributed by atoms with E-state index in [2.05, 4.69) is 4.98 Å². The fourth-order valence-electron chi connectivity index (χ4n) is 4.06. The van der Waals surface area contributed by atoms with E-state index < -0.39 is 46.5 Å². The predicted molar refractivity (Wildman–Crippen MR) is 125 cm³/mol. The van der Waals surface area contributed by atoms with Crippen molar-refractivity contribution in [3.63, 3.8) is 0 Å². The van der Waals surface area contributed by atoms with Gasteiger partial charge in [-0.2, -0.15) is 0 Å². The quantitative estimate of drug-likeness (QED) is 0.225. The molecule has 1 aliphatic rings. The summed E-state index contributed by atoms with van der Waals surface area (Å²) in [6.07, 6.45) is 0. The zero-order chi connectivity index (χ0) is 25.7. The van der Waals surface area contributed by atoms with Crippen LogP contribution in [0.1, 0.15) is 17.2 Å². The molecule has 36 heavy (non-hydrogen) atoms. The van der Waals surface area contributed by atoms with Crippen LogP contribution in [0.15, 0.2) is 60.2 Å². The first-order chi connectivity index (χ1) is 17.2. The van der Waals surface area contributed by atoms with Gasteiger partial charge in [-0.25, -0.2) is 18.2 Å². The van der Waals surface area contributed by atoms with Crippen LogP contribution in [0.5, 0.6) is 11.5 Å². The number of thiazole rings is 1. The Labute approximate surface area is 205 Å². The minimum Gasteiger partial charge on any atom is -0.508 e.